The Labute approximate surface area is 74.9 Å². The van der Waals surface area contributed by atoms with E-state index < -0.39 is 0 Å². The van der Waals surface area contributed by atoms with E-state index in [-0.39, 0.29) is 0 Å². The van der Waals surface area contributed by atoms with Crippen LogP contribution in [-0.2, 0) is 0 Å². The van der Waals surface area contributed by atoms with Crippen molar-refractivity contribution in [3.8, 4) is 0 Å². The molecule has 0 aromatic carbocycles. The van der Waals surface area contributed by atoms with Gasteiger partial charge in [0.1, 0.15) is 0 Å². The Kier molecular flexibility index (Phi) is 6.34. The van der Waals surface area contributed by atoms with Crippen molar-refractivity contribution in [1.29, 1.82) is 0 Å². The lowest BCUT2D eigenvalue weighted by Crippen LogP contribution is -1.80. The molecule has 0 heterocycles. The van der Waals surface area contributed by atoms with E-state index in [1.54, 1.807) is 0 Å². The van der Waals surface area contributed by atoms with Gasteiger partial charge in [-0.1, -0.05) is 44.5 Å². The van der Waals surface area contributed by atoms with E-state index in [0.717, 1.165) is 24.3 Å². The Morgan fingerprint density at radius 3 is 2.00 bits per heavy atom. The zero-order valence-corrected chi connectivity index (χ0v) is 8.41. The number of hydrogen-bond acceptors (Lipinski definition) is 0. The van der Waals surface area contributed by atoms with Gasteiger partial charge < -0.3 is 0 Å². The lowest BCUT2D eigenvalue weighted by molar-refractivity contribution is 1.08. The third-order valence-electron chi connectivity index (χ3n) is 1.52. The standard InChI is InChI=1S/C10H17Cl/c1-4-7-9(6-3)10(11)8-5-2/h7-8H,4-6H2,1-3H3/b9-7-,10-8+. The van der Waals surface area contributed by atoms with Gasteiger partial charge in [-0.2, -0.15) is 0 Å². The molecule has 0 saturated heterocycles. The molecule has 0 radical (unpaired) electrons. The predicted molar refractivity (Wildman–Crippen MR) is 52.9 cm³/mol. The Bertz CT molecular complexity index is 154. The molecule has 0 fully saturated rings. The van der Waals surface area contributed by atoms with Crippen molar-refractivity contribution in [2.45, 2.75) is 40.0 Å². The normalized spacial score (nSPS) is 13.8. The summed E-state index contributed by atoms with van der Waals surface area (Å²) in [7, 11) is 0. The molecule has 0 aliphatic rings. The van der Waals surface area contributed by atoms with E-state index in [2.05, 4.69) is 32.9 Å². The molecule has 0 saturated carbocycles. The summed E-state index contributed by atoms with van der Waals surface area (Å²) in [5, 5.41) is 0.928. The highest BCUT2D eigenvalue weighted by Gasteiger charge is 1.96. The van der Waals surface area contributed by atoms with E-state index in [1.807, 2.05) is 0 Å². The summed E-state index contributed by atoms with van der Waals surface area (Å²) >= 11 is 6.02. The summed E-state index contributed by atoms with van der Waals surface area (Å²) < 4.78 is 0. The van der Waals surface area contributed by atoms with Gasteiger partial charge in [-0.3, -0.25) is 0 Å². The van der Waals surface area contributed by atoms with Gasteiger partial charge in [-0.25, -0.2) is 0 Å². The molecule has 0 aromatic rings. The van der Waals surface area contributed by atoms with Crippen LogP contribution in [0.5, 0.6) is 0 Å². The number of halogens is 1. The molecule has 0 N–H and O–H groups in total. The van der Waals surface area contributed by atoms with Gasteiger partial charge >= 0.3 is 0 Å². The molecule has 11 heavy (non-hydrogen) atoms. The topological polar surface area (TPSA) is 0 Å². The minimum Gasteiger partial charge on any atom is -0.0844 e. The molecule has 0 nitrogen and oxygen atoms in total. The summed E-state index contributed by atoms with van der Waals surface area (Å²) in [5.41, 5.74) is 1.27. The molecule has 0 unspecified atom stereocenters. The lowest BCUT2D eigenvalue weighted by Gasteiger charge is -2.01. The van der Waals surface area contributed by atoms with Crippen LogP contribution in [-0.4, -0.2) is 0 Å². The van der Waals surface area contributed by atoms with E-state index in [9.17, 15) is 0 Å². The molecular weight excluding hydrogens is 156 g/mol. The van der Waals surface area contributed by atoms with Crippen LogP contribution in [0, 0.1) is 0 Å². The van der Waals surface area contributed by atoms with Crippen molar-refractivity contribution in [3.63, 3.8) is 0 Å². The first kappa shape index (κ1) is 10.8. The number of rotatable bonds is 4. The van der Waals surface area contributed by atoms with Crippen molar-refractivity contribution in [2.75, 3.05) is 0 Å². The van der Waals surface area contributed by atoms with Crippen molar-refractivity contribution >= 4 is 11.6 Å². The maximum Gasteiger partial charge on any atom is 0.0394 e. The van der Waals surface area contributed by atoms with Crippen LogP contribution >= 0.6 is 11.6 Å². The molecule has 0 spiro atoms. The van der Waals surface area contributed by atoms with Crippen molar-refractivity contribution < 1.29 is 0 Å². The molecule has 64 valence electrons. The van der Waals surface area contributed by atoms with Gasteiger partial charge in [0, 0.05) is 5.03 Å². The van der Waals surface area contributed by atoms with Crippen LogP contribution in [0.2, 0.25) is 0 Å². The number of allylic oxidation sites excluding steroid dienone is 4. The van der Waals surface area contributed by atoms with Crippen molar-refractivity contribution in [2.24, 2.45) is 0 Å². The van der Waals surface area contributed by atoms with Crippen LogP contribution in [0.25, 0.3) is 0 Å². The summed E-state index contributed by atoms with van der Waals surface area (Å²) in [5.74, 6) is 0. The molecule has 1 heteroatoms. The Balaban J connectivity index is 4.25. The van der Waals surface area contributed by atoms with E-state index in [1.165, 1.54) is 5.57 Å². The first-order chi connectivity index (χ1) is 5.26. The fourth-order valence-electron chi connectivity index (χ4n) is 0.967. The average molecular weight is 173 g/mol. The van der Waals surface area contributed by atoms with Gasteiger partial charge in [-0.05, 0) is 24.8 Å². The molecule has 0 aromatic heterocycles. The summed E-state index contributed by atoms with van der Waals surface area (Å²) in [6, 6.07) is 0. The average Bonchev–Trinajstić information content (AvgIpc) is 2.00. The van der Waals surface area contributed by atoms with Crippen molar-refractivity contribution in [1.82, 2.24) is 0 Å². The van der Waals surface area contributed by atoms with Crippen LogP contribution < -0.4 is 0 Å². The smallest absolute Gasteiger partial charge is 0.0394 e. The maximum absolute atomic E-state index is 6.02. The highest BCUT2D eigenvalue weighted by atomic mass is 35.5. The second-order valence-corrected chi connectivity index (χ2v) is 2.86. The lowest BCUT2D eigenvalue weighted by atomic mass is 10.1. The fraction of sp³-hybridized carbons (Fsp3) is 0.600. The maximum atomic E-state index is 6.02. The Morgan fingerprint density at radius 2 is 1.64 bits per heavy atom. The summed E-state index contributed by atoms with van der Waals surface area (Å²) in [6.07, 6.45) is 7.36. The van der Waals surface area contributed by atoms with Crippen molar-refractivity contribution in [3.05, 3.63) is 22.8 Å². The van der Waals surface area contributed by atoms with E-state index in [0.29, 0.717) is 0 Å². The molecule has 0 amide bonds. The molecule has 0 rings (SSSR count). The quantitative estimate of drug-likeness (QED) is 0.556. The van der Waals surface area contributed by atoms with Crippen LogP contribution in [0.1, 0.15) is 40.0 Å². The van der Waals surface area contributed by atoms with Gasteiger partial charge in [0.2, 0.25) is 0 Å². The van der Waals surface area contributed by atoms with E-state index in [4.69, 9.17) is 11.6 Å². The Hall–Kier alpha value is -0.230. The minimum atomic E-state index is 0.928. The minimum absolute atomic E-state index is 0.928. The second-order valence-electron chi connectivity index (χ2n) is 2.45. The van der Waals surface area contributed by atoms with Gasteiger partial charge in [0.25, 0.3) is 0 Å². The highest BCUT2D eigenvalue weighted by molar-refractivity contribution is 6.31. The third-order valence-corrected chi connectivity index (χ3v) is 1.92. The SMILES string of the molecule is CC/C=C(CC)\C(Cl)=C/CC. The second kappa shape index (κ2) is 6.48. The third kappa shape index (κ3) is 4.26. The van der Waals surface area contributed by atoms with Gasteiger partial charge in [0.15, 0.2) is 0 Å². The fourth-order valence-corrected chi connectivity index (χ4v) is 1.33. The molecule has 0 bridgehead atoms. The first-order valence-electron chi connectivity index (χ1n) is 4.31. The highest BCUT2D eigenvalue weighted by Crippen LogP contribution is 2.18. The van der Waals surface area contributed by atoms with E-state index >= 15 is 0 Å². The summed E-state index contributed by atoms with van der Waals surface area (Å²) in [6.45, 7) is 6.36. The number of hydrogen-bond donors (Lipinski definition) is 0. The van der Waals surface area contributed by atoms with Crippen LogP contribution in [0.15, 0.2) is 22.8 Å². The molecule has 0 atom stereocenters. The monoisotopic (exact) mass is 172 g/mol. The summed E-state index contributed by atoms with van der Waals surface area (Å²) in [4.78, 5) is 0. The Morgan fingerprint density at radius 1 is 1.09 bits per heavy atom. The largest absolute Gasteiger partial charge is 0.0844 e. The zero-order chi connectivity index (χ0) is 8.69. The van der Waals surface area contributed by atoms with Gasteiger partial charge in [-0.15, -0.1) is 0 Å². The molecule has 0 aliphatic carbocycles. The van der Waals surface area contributed by atoms with Gasteiger partial charge in [0.05, 0.1) is 0 Å². The van der Waals surface area contributed by atoms with Crippen LogP contribution in [0.4, 0.5) is 0 Å². The molecule has 0 aliphatic heterocycles. The molecular formula is C10H17Cl. The first-order valence-corrected chi connectivity index (χ1v) is 4.69. The zero-order valence-electron chi connectivity index (χ0n) is 7.65. The predicted octanol–water partition coefficient (Wildman–Crippen LogP) is 4.27. The van der Waals surface area contributed by atoms with Crippen LogP contribution in [0.3, 0.4) is 0 Å².